The molecule has 0 saturated carbocycles. The Hall–Kier alpha value is -1.71. The Morgan fingerprint density at radius 3 is 2.62 bits per heavy atom. The Morgan fingerprint density at radius 2 is 2.08 bits per heavy atom. The minimum absolute atomic E-state index is 0.595. The van der Waals surface area contributed by atoms with Crippen molar-refractivity contribution < 1.29 is 0 Å². The molecule has 0 spiro atoms. The highest BCUT2D eigenvalue weighted by Crippen LogP contribution is 2.15. The van der Waals surface area contributed by atoms with E-state index in [1.165, 1.54) is 0 Å². The first-order valence-corrected chi connectivity index (χ1v) is 3.96. The molecule has 5 nitrogen and oxygen atoms in total. The van der Waals surface area contributed by atoms with E-state index >= 15 is 0 Å². The van der Waals surface area contributed by atoms with Gasteiger partial charge in [-0.15, -0.1) is 0 Å². The molecule has 0 amide bonds. The van der Waals surface area contributed by atoms with E-state index < -0.39 is 0 Å². The molecule has 0 atom stereocenters. The van der Waals surface area contributed by atoms with Gasteiger partial charge in [-0.3, -0.25) is 0 Å². The van der Waals surface area contributed by atoms with Gasteiger partial charge < -0.3 is 11.1 Å². The molecule has 1 aromatic carbocycles. The molecular formula is C8H11N5. The number of nitrogens with zero attached hydrogens (tertiary/aromatic N) is 3. The minimum atomic E-state index is 0.595. The maximum Gasteiger partial charge on any atom is 0.0376 e. The highest BCUT2D eigenvalue weighted by Gasteiger charge is 1.90. The summed E-state index contributed by atoms with van der Waals surface area (Å²) in [5.41, 5.74) is 15.1. The van der Waals surface area contributed by atoms with Gasteiger partial charge in [0.25, 0.3) is 0 Å². The van der Waals surface area contributed by atoms with Gasteiger partial charge in [0.15, 0.2) is 0 Å². The van der Waals surface area contributed by atoms with Crippen molar-refractivity contribution in [3.8, 4) is 0 Å². The lowest BCUT2D eigenvalue weighted by Crippen LogP contribution is -2.12. The zero-order valence-electron chi connectivity index (χ0n) is 7.14. The predicted octanol–water partition coefficient (Wildman–Crippen LogP) is 2.00. The predicted molar refractivity (Wildman–Crippen MR) is 52.8 cm³/mol. The van der Waals surface area contributed by atoms with Gasteiger partial charge >= 0.3 is 0 Å². The molecule has 0 aromatic heterocycles. The zero-order chi connectivity index (χ0) is 9.52. The Balaban J connectivity index is 2.63. The van der Waals surface area contributed by atoms with Crippen molar-refractivity contribution in [2.24, 2.45) is 10.8 Å². The van der Waals surface area contributed by atoms with Gasteiger partial charge in [0.2, 0.25) is 0 Å². The number of anilines is 1. The lowest BCUT2D eigenvalue weighted by atomic mass is 10.3. The molecule has 3 N–H and O–H groups in total. The third-order valence-corrected chi connectivity index (χ3v) is 1.50. The highest BCUT2D eigenvalue weighted by atomic mass is 15.1. The molecule has 1 rings (SSSR count). The fourth-order valence-electron chi connectivity index (χ4n) is 0.914. The van der Waals surface area contributed by atoms with Crippen LogP contribution in [0, 0.1) is 0 Å². The van der Waals surface area contributed by atoms with Crippen molar-refractivity contribution in [1.29, 1.82) is 0 Å². The van der Waals surface area contributed by atoms with Crippen LogP contribution in [-0.4, -0.2) is 13.1 Å². The fourth-order valence-corrected chi connectivity index (χ4v) is 0.914. The Labute approximate surface area is 76.2 Å². The summed E-state index contributed by atoms with van der Waals surface area (Å²) < 4.78 is 0. The largest absolute Gasteiger partial charge is 0.384 e. The van der Waals surface area contributed by atoms with Crippen LogP contribution in [-0.2, 0) is 0 Å². The van der Waals surface area contributed by atoms with Crippen LogP contribution < -0.4 is 11.1 Å². The monoisotopic (exact) mass is 177 g/mol. The summed E-state index contributed by atoms with van der Waals surface area (Å²) in [4.78, 5) is 2.68. The van der Waals surface area contributed by atoms with E-state index in [0.717, 1.165) is 12.2 Å². The van der Waals surface area contributed by atoms with Crippen molar-refractivity contribution in [2.75, 3.05) is 18.4 Å². The summed E-state index contributed by atoms with van der Waals surface area (Å²) in [5.74, 6) is 0. The maximum atomic E-state index is 8.16. The summed E-state index contributed by atoms with van der Waals surface area (Å²) in [6, 6.07) is 7.19. The molecule has 13 heavy (non-hydrogen) atoms. The molecule has 0 fully saturated rings. The fraction of sp³-hybridized carbons (Fsp3) is 0.250. The first-order chi connectivity index (χ1) is 6.36. The van der Waals surface area contributed by atoms with E-state index in [-0.39, 0.29) is 0 Å². The lowest BCUT2D eigenvalue weighted by Gasteiger charge is -2.03. The van der Waals surface area contributed by atoms with Gasteiger partial charge in [0.05, 0.1) is 0 Å². The SMILES string of the molecule is [N-]=[N+]=Nc1ccc(NCCN)cc1. The highest BCUT2D eigenvalue weighted by molar-refractivity contribution is 5.50. The van der Waals surface area contributed by atoms with Crippen LogP contribution in [0.3, 0.4) is 0 Å². The lowest BCUT2D eigenvalue weighted by molar-refractivity contribution is 1.02. The molecule has 0 aliphatic rings. The van der Waals surface area contributed by atoms with Gasteiger partial charge in [-0.2, -0.15) is 0 Å². The summed E-state index contributed by atoms with van der Waals surface area (Å²) in [5, 5.41) is 6.56. The van der Waals surface area contributed by atoms with Crippen LogP contribution >= 0.6 is 0 Å². The van der Waals surface area contributed by atoms with Crippen molar-refractivity contribution >= 4 is 11.4 Å². The van der Waals surface area contributed by atoms with Crippen LogP contribution in [0.4, 0.5) is 11.4 Å². The second-order valence-corrected chi connectivity index (χ2v) is 2.45. The number of nitrogens with one attached hydrogen (secondary N) is 1. The Morgan fingerprint density at radius 1 is 1.38 bits per heavy atom. The summed E-state index contributed by atoms with van der Waals surface area (Å²) in [6.45, 7) is 1.33. The molecule has 1 aromatic rings. The van der Waals surface area contributed by atoms with E-state index in [4.69, 9.17) is 11.3 Å². The van der Waals surface area contributed by atoms with Crippen LogP contribution in [0.5, 0.6) is 0 Å². The minimum Gasteiger partial charge on any atom is -0.384 e. The second kappa shape index (κ2) is 5.03. The quantitative estimate of drug-likeness (QED) is 0.418. The van der Waals surface area contributed by atoms with Gasteiger partial charge in [-0.1, -0.05) is 17.2 Å². The van der Waals surface area contributed by atoms with Crippen molar-refractivity contribution in [3.05, 3.63) is 34.7 Å². The van der Waals surface area contributed by atoms with E-state index in [0.29, 0.717) is 12.2 Å². The molecule has 5 heteroatoms. The number of hydrogen-bond donors (Lipinski definition) is 2. The normalized spacial score (nSPS) is 9.00. The van der Waals surface area contributed by atoms with E-state index in [1.54, 1.807) is 12.1 Å². The van der Waals surface area contributed by atoms with Crippen molar-refractivity contribution in [2.45, 2.75) is 0 Å². The summed E-state index contributed by atoms with van der Waals surface area (Å²) in [6.07, 6.45) is 0. The smallest absolute Gasteiger partial charge is 0.0376 e. The molecule has 0 radical (unpaired) electrons. The molecule has 0 heterocycles. The van der Waals surface area contributed by atoms with Gasteiger partial charge in [0, 0.05) is 29.4 Å². The van der Waals surface area contributed by atoms with Crippen molar-refractivity contribution in [1.82, 2.24) is 0 Å². The molecule has 0 aliphatic carbocycles. The molecule has 68 valence electrons. The van der Waals surface area contributed by atoms with Crippen LogP contribution in [0.2, 0.25) is 0 Å². The van der Waals surface area contributed by atoms with E-state index in [1.807, 2.05) is 12.1 Å². The number of rotatable bonds is 4. The first-order valence-electron chi connectivity index (χ1n) is 3.96. The first kappa shape index (κ1) is 9.38. The number of hydrogen-bond acceptors (Lipinski definition) is 3. The third-order valence-electron chi connectivity index (χ3n) is 1.50. The van der Waals surface area contributed by atoms with E-state index in [2.05, 4.69) is 15.3 Å². The topological polar surface area (TPSA) is 86.8 Å². The second-order valence-electron chi connectivity index (χ2n) is 2.45. The van der Waals surface area contributed by atoms with Crippen LogP contribution in [0.1, 0.15) is 0 Å². The number of benzene rings is 1. The maximum absolute atomic E-state index is 8.16. The number of azide groups is 1. The Bertz CT molecular complexity index is 299. The number of nitrogens with two attached hydrogens (primary N) is 1. The third kappa shape index (κ3) is 3.02. The van der Waals surface area contributed by atoms with Crippen LogP contribution in [0.15, 0.2) is 29.4 Å². The van der Waals surface area contributed by atoms with Crippen molar-refractivity contribution in [3.63, 3.8) is 0 Å². The molecular weight excluding hydrogens is 166 g/mol. The van der Waals surface area contributed by atoms with Crippen LogP contribution in [0.25, 0.3) is 10.4 Å². The zero-order valence-corrected chi connectivity index (χ0v) is 7.14. The summed E-state index contributed by atoms with van der Waals surface area (Å²) >= 11 is 0. The molecule has 0 unspecified atom stereocenters. The summed E-state index contributed by atoms with van der Waals surface area (Å²) in [7, 11) is 0. The average Bonchev–Trinajstić information content (AvgIpc) is 2.17. The standard InChI is InChI=1S/C8H11N5/c9-5-6-11-7-1-3-8(4-2-7)12-13-10/h1-4,11H,5-6,9H2. The van der Waals surface area contributed by atoms with Gasteiger partial charge in [-0.05, 0) is 17.7 Å². The van der Waals surface area contributed by atoms with Gasteiger partial charge in [0.1, 0.15) is 0 Å². The van der Waals surface area contributed by atoms with Gasteiger partial charge in [-0.25, -0.2) is 0 Å². The average molecular weight is 177 g/mol. The molecule has 0 bridgehead atoms. The Kier molecular flexibility index (Phi) is 3.63. The van der Waals surface area contributed by atoms with E-state index in [9.17, 15) is 0 Å². The molecule has 0 saturated heterocycles. The molecule has 0 aliphatic heterocycles.